The molecule has 0 radical (unpaired) electrons. The standard InChI is InChI=1S/C19H16S/c20-19-12-10-16(11-13-19)18-9-5-8-17(14-18)15-6-3-1-2-4-7-15/h1-3,5-14,20H,4H2. The van der Waals surface area contributed by atoms with Crippen molar-refractivity contribution in [2.45, 2.75) is 11.3 Å². The van der Waals surface area contributed by atoms with E-state index in [0.717, 1.165) is 11.3 Å². The molecule has 0 nitrogen and oxygen atoms in total. The van der Waals surface area contributed by atoms with E-state index in [0.29, 0.717) is 0 Å². The minimum absolute atomic E-state index is 0.987. The van der Waals surface area contributed by atoms with Crippen molar-refractivity contribution in [1.82, 2.24) is 0 Å². The van der Waals surface area contributed by atoms with Gasteiger partial charge in [-0.25, -0.2) is 0 Å². The van der Waals surface area contributed by atoms with Gasteiger partial charge in [0.05, 0.1) is 0 Å². The molecule has 20 heavy (non-hydrogen) atoms. The number of thiol groups is 1. The highest BCUT2D eigenvalue weighted by atomic mass is 32.1. The number of hydrogen-bond acceptors (Lipinski definition) is 1. The lowest BCUT2D eigenvalue weighted by atomic mass is 9.98. The van der Waals surface area contributed by atoms with Gasteiger partial charge in [-0.15, -0.1) is 12.6 Å². The normalized spacial score (nSPS) is 13.9. The van der Waals surface area contributed by atoms with E-state index in [1.54, 1.807) is 0 Å². The minimum Gasteiger partial charge on any atom is -0.143 e. The van der Waals surface area contributed by atoms with Gasteiger partial charge in [-0.1, -0.05) is 60.7 Å². The van der Waals surface area contributed by atoms with Crippen molar-refractivity contribution < 1.29 is 0 Å². The van der Waals surface area contributed by atoms with Crippen LogP contribution in [0.15, 0.2) is 83.8 Å². The van der Waals surface area contributed by atoms with Crippen LogP contribution in [0.25, 0.3) is 16.7 Å². The molecule has 0 bridgehead atoms. The fourth-order valence-electron chi connectivity index (χ4n) is 2.33. The van der Waals surface area contributed by atoms with Crippen molar-refractivity contribution in [3.05, 3.63) is 84.5 Å². The summed E-state index contributed by atoms with van der Waals surface area (Å²) in [4.78, 5) is 0.991. The van der Waals surface area contributed by atoms with E-state index in [1.807, 2.05) is 12.1 Å². The number of allylic oxidation sites excluding steroid dienone is 6. The first kappa shape index (κ1) is 13.0. The van der Waals surface area contributed by atoms with Crippen molar-refractivity contribution in [3.63, 3.8) is 0 Å². The summed E-state index contributed by atoms with van der Waals surface area (Å²) in [7, 11) is 0. The molecule has 98 valence electrons. The molecule has 0 aliphatic heterocycles. The van der Waals surface area contributed by atoms with Crippen molar-refractivity contribution in [2.24, 2.45) is 0 Å². The molecule has 1 heteroatoms. The van der Waals surface area contributed by atoms with Crippen LogP contribution < -0.4 is 0 Å². The van der Waals surface area contributed by atoms with Gasteiger partial charge in [0.1, 0.15) is 0 Å². The summed E-state index contributed by atoms with van der Waals surface area (Å²) >= 11 is 4.33. The molecule has 0 unspecified atom stereocenters. The first-order chi connectivity index (χ1) is 9.83. The first-order valence-corrected chi connectivity index (χ1v) is 7.21. The summed E-state index contributed by atoms with van der Waals surface area (Å²) < 4.78 is 0. The number of benzene rings is 2. The summed E-state index contributed by atoms with van der Waals surface area (Å²) in [6, 6.07) is 17.0. The van der Waals surface area contributed by atoms with Crippen LogP contribution in [0.4, 0.5) is 0 Å². The van der Waals surface area contributed by atoms with E-state index in [9.17, 15) is 0 Å². The van der Waals surface area contributed by atoms with Crippen molar-refractivity contribution in [2.75, 3.05) is 0 Å². The van der Waals surface area contributed by atoms with Crippen LogP contribution in [0.1, 0.15) is 12.0 Å². The highest BCUT2D eigenvalue weighted by Crippen LogP contribution is 2.26. The number of rotatable bonds is 2. The lowest BCUT2D eigenvalue weighted by Crippen LogP contribution is -1.84. The summed E-state index contributed by atoms with van der Waals surface area (Å²) in [5, 5.41) is 0. The molecule has 0 aromatic heterocycles. The van der Waals surface area contributed by atoms with Gasteiger partial charge < -0.3 is 0 Å². The second-order valence-electron chi connectivity index (χ2n) is 4.81. The maximum absolute atomic E-state index is 4.33. The molecular formula is C19H16S. The quantitative estimate of drug-likeness (QED) is 0.684. The number of hydrogen-bond donors (Lipinski definition) is 1. The molecule has 1 aliphatic rings. The van der Waals surface area contributed by atoms with Gasteiger partial charge in [0.2, 0.25) is 0 Å². The highest BCUT2D eigenvalue weighted by Gasteiger charge is 2.02. The zero-order valence-electron chi connectivity index (χ0n) is 11.2. The first-order valence-electron chi connectivity index (χ1n) is 6.76. The molecule has 0 fully saturated rings. The van der Waals surface area contributed by atoms with Crippen LogP contribution in [0.5, 0.6) is 0 Å². The van der Waals surface area contributed by atoms with Crippen molar-refractivity contribution in [3.8, 4) is 11.1 Å². The highest BCUT2D eigenvalue weighted by molar-refractivity contribution is 7.80. The molecule has 3 rings (SSSR count). The van der Waals surface area contributed by atoms with E-state index in [4.69, 9.17) is 0 Å². The summed E-state index contributed by atoms with van der Waals surface area (Å²) in [6.45, 7) is 0. The summed E-state index contributed by atoms with van der Waals surface area (Å²) in [5.41, 5.74) is 5.00. The average Bonchev–Trinajstić information content (AvgIpc) is 2.77. The Bertz CT molecular complexity index is 688. The second-order valence-corrected chi connectivity index (χ2v) is 5.33. The molecule has 0 saturated heterocycles. The molecule has 0 N–H and O–H groups in total. The Hall–Kier alpha value is -1.99. The van der Waals surface area contributed by atoms with Gasteiger partial charge in [0.15, 0.2) is 0 Å². The van der Waals surface area contributed by atoms with Gasteiger partial charge in [-0.2, -0.15) is 0 Å². The van der Waals surface area contributed by atoms with Gasteiger partial charge in [0, 0.05) is 4.90 Å². The lowest BCUT2D eigenvalue weighted by molar-refractivity contribution is 1.40. The maximum atomic E-state index is 4.33. The van der Waals surface area contributed by atoms with E-state index in [1.165, 1.54) is 22.3 Å². The van der Waals surface area contributed by atoms with Crippen molar-refractivity contribution >= 4 is 18.2 Å². The maximum Gasteiger partial charge on any atom is 0.00404 e. The fraction of sp³-hybridized carbons (Fsp3) is 0.0526. The SMILES string of the molecule is Sc1ccc(-c2cccc(C3=CCC=CC=C3)c2)cc1. The Balaban J connectivity index is 1.97. The Morgan fingerprint density at radius 2 is 1.60 bits per heavy atom. The Morgan fingerprint density at radius 1 is 0.800 bits per heavy atom. The van der Waals surface area contributed by atoms with Crippen LogP contribution in [0.2, 0.25) is 0 Å². The smallest absolute Gasteiger partial charge is 0.00404 e. The molecular weight excluding hydrogens is 260 g/mol. The van der Waals surface area contributed by atoms with Crippen LogP contribution in [-0.2, 0) is 0 Å². The zero-order chi connectivity index (χ0) is 13.8. The largest absolute Gasteiger partial charge is 0.143 e. The third kappa shape index (κ3) is 2.94. The van der Waals surface area contributed by atoms with Crippen molar-refractivity contribution in [1.29, 1.82) is 0 Å². The average molecular weight is 276 g/mol. The molecule has 0 spiro atoms. The molecule has 2 aromatic carbocycles. The van der Waals surface area contributed by atoms with E-state index < -0.39 is 0 Å². The van der Waals surface area contributed by atoms with Crippen LogP contribution in [0.3, 0.4) is 0 Å². The predicted molar refractivity (Wildman–Crippen MR) is 90.0 cm³/mol. The molecule has 0 saturated carbocycles. The molecule has 0 amide bonds. The second kappa shape index (κ2) is 5.98. The molecule has 0 heterocycles. The fourth-order valence-corrected chi connectivity index (χ4v) is 2.47. The van der Waals surface area contributed by atoms with Crippen LogP contribution >= 0.6 is 12.6 Å². The van der Waals surface area contributed by atoms with Crippen LogP contribution in [-0.4, -0.2) is 0 Å². The van der Waals surface area contributed by atoms with Gasteiger partial charge in [0.25, 0.3) is 0 Å². The van der Waals surface area contributed by atoms with E-state index >= 15 is 0 Å². The predicted octanol–water partition coefficient (Wildman–Crippen LogP) is 5.54. The lowest BCUT2D eigenvalue weighted by Gasteiger charge is -2.07. The minimum atomic E-state index is 0.987. The molecule has 2 aromatic rings. The van der Waals surface area contributed by atoms with E-state index in [2.05, 4.69) is 79.4 Å². The van der Waals surface area contributed by atoms with E-state index in [-0.39, 0.29) is 0 Å². The topological polar surface area (TPSA) is 0 Å². The Morgan fingerprint density at radius 3 is 2.45 bits per heavy atom. The molecule has 0 atom stereocenters. The Labute approximate surface area is 125 Å². The Kier molecular flexibility index (Phi) is 3.89. The third-order valence-electron chi connectivity index (χ3n) is 3.39. The zero-order valence-corrected chi connectivity index (χ0v) is 12.1. The molecule has 1 aliphatic carbocycles. The third-order valence-corrected chi connectivity index (χ3v) is 3.69. The van der Waals surface area contributed by atoms with Gasteiger partial charge >= 0.3 is 0 Å². The van der Waals surface area contributed by atoms with Crippen LogP contribution in [0, 0.1) is 0 Å². The summed E-state index contributed by atoms with van der Waals surface area (Å²) in [5.74, 6) is 0. The summed E-state index contributed by atoms with van der Waals surface area (Å²) in [6.07, 6.45) is 11.8. The monoisotopic (exact) mass is 276 g/mol. The van der Waals surface area contributed by atoms with Gasteiger partial charge in [-0.3, -0.25) is 0 Å². The van der Waals surface area contributed by atoms with Gasteiger partial charge in [-0.05, 0) is 46.9 Å².